The van der Waals surface area contributed by atoms with Gasteiger partial charge < -0.3 is 9.64 Å². The topological polar surface area (TPSA) is 38.2 Å². The molecule has 1 aromatic heterocycles. The number of benzene rings is 1. The van der Waals surface area contributed by atoms with Gasteiger partial charge in [-0.15, -0.1) is 0 Å². The van der Waals surface area contributed by atoms with Gasteiger partial charge >= 0.3 is 6.18 Å². The highest BCUT2D eigenvalue weighted by Crippen LogP contribution is 2.35. The first-order valence-corrected chi connectivity index (χ1v) is 5.70. The standard InChI is InChI=1S/C13H12F3N3O/c1-19(9-6-4-3-5-7-9)12-17-8-10(13(14,15)16)11(18-12)20-2/h3-8H,1-2H3. The van der Waals surface area contributed by atoms with Crippen LogP contribution >= 0.6 is 0 Å². The van der Waals surface area contributed by atoms with Crippen molar-refractivity contribution >= 4 is 11.6 Å². The largest absolute Gasteiger partial charge is 0.480 e. The molecule has 2 aromatic rings. The number of ether oxygens (including phenoxy) is 1. The minimum Gasteiger partial charge on any atom is -0.480 e. The summed E-state index contributed by atoms with van der Waals surface area (Å²) in [6.07, 6.45) is -3.82. The zero-order chi connectivity index (χ0) is 14.8. The Morgan fingerprint density at radius 1 is 1.15 bits per heavy atom. The van der Waals surface area contributed by atoms with Crippen LogP contribution in [0.4, 0.5) is 24.8 Å². The van der Waals surface area contributed by atoms with Crippen molar-refractivity contribution in [2.24, 2.45) is 0 Å². The number of para-hydroxylation sites is 1. The molecule has 0 bridgehead atoms. The van der Waals surface area contributed by atoms with Gasteiger partial charge in [-0.2, -0.15) is 18.2 Å². The van der Waals surface area contributed by atoms with Crippen molar-refractivity contribution in [2.75, 3.05) is 19.1 Å². The Labute approximate surface area is 113 Å². The van der Waals surface area contributed by atoms with Crippen LogP contribution in [-0.4, -0.2) is 24.1 Å². The molecule has 0 amide bonds. The highest BCUT2D eigenvalue weighted by atomic mass is 19.4. The fraction of sp³-hybridized carbons (Fsp3) is 0.231. The second-order valence-corrected chi connectivity index (χ2v) is 3.99. The number of rotatable bonds is 3. The quantitative estimate of drug-likeness (QED) is 0.866. The number of aromatic nitrogens is 2. The Bertz CT molecular complexity index is 587. The summed E-state index contributed by atoms with van der Waals surface area (Å²) >= 11 is 0. The van der Waals surface area contributed by atoms with Gasteiger partial charge in [-0.1, -0.05) is 18.2 Å². The van der Waals surface area contributed by atoms with Gasteiger partial charge in [0.1, 0.15) is 5.56 Å². The van der Waals surface area contributed by atoms with Crippen LogP contribution in [0.2, 0.25) is 0 Å². The van der Waals surface area contributed by atoms with Crippen LogP contribution in [0.5, 0.6) is 5.88 Å². The molecule has 0 radical (unpaired) electrons. The number of nitrogens with zero attached hydrogens (tertiary/aromatic N) is 3. The molecule has 0 fully saturated rings. The van der Waals surface area contributed by atoms with Crippen molar-refractivity contribution < 1.29 is 17.9 Å². The Balaban J connectivity index is 2.40. The SMILES string of the molecule is COc1nc(N(C)c2ccccc2)ncc1C(F)(F)F. The van der Waals surface area contributed by atoms with Crippen LogP contribution in [0.3, 0.4) is 0 Å². The molecule has 0 saturated carbocycles. The molecule has 7 heteroatoms. The molecule has 1 aromatic carbocycles. The second kappa shape index (κ2) is 5.36. The summed E-state index contributed by atoms with van der Waals surface area (Å²) in [6.45, 7) is 0. The van der Waals surface area contributed by atoms with Gasteiger partial charge in [-0.25, -0.2) is 4.98 Å². The summed E-state index contributed by atoms with van der Waals surface area (Å²) in [5.41, 5.74) is -0.237. The van der Waals surface area contributed by atoms with Gasteiger partial charge in [0.15, 0.2) is 0 Å². The van der Waals surface area contributed by atoms with Crippen LogP contribution in [0.25, 0.3) is 0 Å². The number of anilines is 2. The van der Waals surface area contributed by atoms with Gasteiger partial charge in [0.05, 0.1) is 7.11 Å². The fourth-order valence-electron chi connectivity index (χ4n) is 1.64. The first kappa shape index (κ1) is 14.1. The molecule has 4 nitrogen and oxygen atoms in total. The molecule has 2 rings (SSSR count). The summed E-state index contributed by atoms with van der Waals surface area (Å²) in [5.74, 6) is -0.369. The summed E-state index contributed by atoms with van der Waals surface area (Å²) in [6, 6.07) is 9.06. The lowest BCUT2D eigenvalue weighted by Gasteiger charge is -2.18. The molecule has 20 heavy (non-hydrogen) atoms. The number of hydrogen-bond donors (Lipinski definition) is 0. The predicted molar refractivity (Wildman–Crippen MR) is 68.1 cm³/mol. The lowest BCUT2D eigenvalue weighted by atomic mass is 10.3. The van der Waals surface area contributed by atoms with Crippen molar-refractivity contribution in [2.45, 2.75) is 6.18 Å². The van der Waals surface area contributed by atoms with E-state index in [1.807, 2.05) is 18.2 Å². The van der Waals surface area contributed by atoms with E-state index in [0.717, 1.165) is 19.0 Å². The van der Waals surface area contributed by atoms with Crippen molar-refractivity contribution in [1.29, 1.82) is 0 Å². The van der Waals surface area contributed by atoms with E-state index in [0.29, 0.717) is 0 Å². The summed E-state index contributed by atoms with van der Waals surface area (Å²) in [7, 11) is 2.81. The smallest absolute Gasteiger partial charge is 0.423 e. The molecule has 0 aliphatic heterocycles. The van der Waals surface area contributed by atoms with E-state index in [9.17, 15) is 13.2 Å². The molecule has 0 saturated heterocycles. The summed E-state index contributed by atoms with van der Waals surface area (Å²) < 4.78 is 42.9. The first-order chi connectivity index (χ1) is 9.43. The number of alkyl halides is 3. The van der Waals surface area contributed by atoms with Gasteiger partial charge in [0, 0.05) is 18.9 Å². The van der Waals surface area contributed by atoms with Crippen molar-refractivity contribution in [3.8, 4) is 5.88 Å². The number of hydrogen-bond acceptors (Lipinski definition) is 4. The molecular formula is C13H12F3N3O. The molecule has 0 spiro atoms. The molecule has 0 aliphatic carbocycles. The van der Waals surface area contributed by atoms with Crippen LogP contribution in [-0.2, 0) is 6.18 Å². The first-order valence-electron chi connectivity index (χ1n) is 5.70. The van der Waals surface area contributed by atoms with Gasteiger partial charge in [0.2, 0.25) is 11.8 Å². The third-order valence-electron chi connectivity index (χ3n) is 2.68. The van der Waals surface area contributed by atoms with Gasteiger partial charge in [-0.05, 0) is 12.1 Å². The maximum Gasteiger partial charge on any atom is 0.423 e. The molecular weight excluding hydrogens is 271 g/mol. The number of methoxy groups -OCH3 is 1. The Hall–Kier alpha value is -2.31. The zero-order valence-electron chi connectivity index (χ0n) is 10.8. The third-order valence-corrected chi connectivity index (χ3v) is 2.68. The highest BCUT2D eigenvalue weighted by molar-refractivity contribution is 5.56. The normalized spacial score (nSPS) is 11.2. The van der Waals surface area contributed by atoms with E-state index in [2.05, 4.69) is 9.97 Å². The van der Waals surface area contributed by atoms with E-state index < -0.39 is 17.6 Å². The molecule has 0 unspecified atom stereocenters. The van der Waals surface area contributed by atoms with Gasteiger partial charge in [0.25, 0.3) is 0 Å². The van der Waals surface area contributed by atoms with Crippen molar-refractivity contribution in [1.82, 2.24) is 9.97 Å². The lowest BCUT2D eigenvalue weighted by Crippen LogP contribution is -2.16. The summed E-state index contributed by atoms with van der Waals surface area (Å²) in [5, 5.41) is 0. The minimum absolute atomic E-state index is 0.126. The minimum atomic E-state index is -4.55. The highest BCUT2D eigenvalue weighted by Gasteiger charge is 2.36. The second-order valence-electron chi connectivity index (χ2n) is 3.99. The average molecular weight is 283 g/mol. The van der Waals surface area contributed by atoms with Crippen LogP contribution in [0.15, 0.2) is 36.5 Å². The molecule has 0 atom stereocenters. The Morgan fingerprint density at radius 2 is 1.80 bits per heavy atom. The Morgan fingerprint density at radius 3 is 2.35 bits per heavy atom. The molecule has 106 valence electrons. The fourth-order valence-corrected chi connectivity index (χ4v) is 1.64. The maximum absolute atomic E-state index is 12.7. The van der Waals surface area contributed by atoms with E-state index >= 15 is 0 Å². The Kier molecular flexibility index (Phi) is 3.78. The van der Waals surface area contributed by atoms with Gasteiger partial charge in [-0.3, -0.25) is 0 Å². The third kappa shape index (κ3) is 2.81. The van der Waals surface area contributed by atoms with Crippen molar-refractivity contribution in [3.63, 3.8) is 0 Å². The molecule has 0 aliphatic rings. The van der Waals surface area contributed by atoms with E-state index in [1.54, 1.807) is 24.1 Å². The summed E-state index contributed by atoms with van der Waals surface area (Å²) in [4.78, 5) is 9.12. The van der Waals surface area contributed by atoms with E-state index in [4.69, 9.17) is 4.74 Å². The van der Waals surface area contributed by atoms with Crippen LogP contribution in [0.1, 0.15) is 5.56 Å². The zero-order valence-corrected chi connectivity index (χ0v) is 10.8. The van der Waals surface area contributed by atoms with Crippen LogP contribution < -0.4 is 9.64 Å². The van der Waals surface area contributed by atoms with E-state index in [-0.39, 0.29) is 5.95 Å². The predicted octanol–water partition coefficient (Wildman–Crippen LogP) is 3.27. The van der Waals surface area contributed by atoms with Crippen molar-refractivity contribution in [3.05, 3.63) is 42.1 Å². The molecule has 1 heterocycles. The molecule has 0 N–H and O–H groups in total. The average Bonchev–Trinajstić information content (AvgIpc) is 2.45. The monoisotopic (exact) mass is 283 g/mol. The lowest BCUT2D eigenvalue weighted by molar-refractivity contribution is -0.139. The number of halogens is 3. The van der Waals surface area contributed by atoms with Crippen LogP contribution in [0, 0.1) is 0 Å². The maximum atomic E-state index is 12.7. The van der Waals surface area contributed by atoms with E-state index in [1.165, 1.54) is 0 Å².